The molecule has 1 fully saturated rings. The third-order valence-electron chi connectivity index (χ3n) is 4.21. The lowest BCUT2D eigenvalue weighted by Crippen LogP contribution is -2.25. The number of imidazole rings is 1. The molecule has 108 valence electrons. The number of nitrogen functional groups attached to an aromatic ring is 1. The number of anilines is 1. The molecule has 0 radical (unpaired) electrons. The molecule has 3 rings (SSSR count). The van der Waals surface area contributed by atoms with Crippen molar-refractivity contribution in [3.8, 4) is 5.88 Å². The van der Waals surface area contributed by atoms with Crippen LogP contribution in [0.3, 0.4) is 0 Å². The zero-order valence-electron chi connectivity index (χ0n) is 12.3. The van der Waals surface area contributed by atoms with E-state index in [1.165, 1.54) is 19.2 Å². The number of hydrogen-bond acceptors (Lipinski definition) is 5. The molecule has 1 aliphatic carbocycles. The Morgan fingerprint density at radius 1 is 1.40 bits per heavy atom. The zero-order valence-corrected chi connectivity index (χ0v) is 12.3. The first-order valence-corrected chi connectivity index (χ1v) is 7.04. The van der Waals surface area contributed by atoms with Crippen LogP contribution in [-0.4, -0.2) is 26.6 Å². The maximum Gasteiger partial charge on any atom is 0.245 e. The van der Waals surface area contributed by atoms with Crippen LogP contribution in [0.25, 0.3) is 11.2 Å². The molecular weight excluding hydrogens is 254 g/mol. The van der Waals surface area contributed by atoms with Crippen molar-refractivity contribution in [2.75, 3.05) is 12.8 Å². The fourth-order valence-corrected chi connectivity index (χ4v) is 3.29. The second kappa shape index (κ2) is 4.61. The molecule has 6 heteroatoms. The summed E-state index contributed by atoms with van der Waals surface area (Å²) < 4.78 is 7.30. The smallest absolute Gasteiger partial charge is 0.245 e. The van der Waals surface area contributed by atoms with Gasteiger partial charge in [-0.15, -0.1) is 0 Å². The van der Waals surface area contributed by atoms with Crippen molar-refractivity contribution in [2.24, 2.45) is 5.41 Å². The second-order valence-electron chi connectivity index (χ2n) is 6.31. The van der Waals surface area contributed by atoms with E-state index in [2.05, 4.69) is 33.4 Å². The number of methoxy groups -OCH3 is 1. The molecule has 2 aromatic heterocycles. The average molecular weight is 275 g/mol. The lowest BCUT2D eigenvalue weighted by atomic mass is 9.75. The second-order valence-corrected chi connectivity index (χ2v) is 6.31. The number of ether oxygens (including phenoxy) is 1. The van der Waals surface area contributed by atoms with E-state index in [1.54, 1.807) is 7.11 Å². The van der Waals surface area contributed by atoms with Crippen molar-refractivity contribution in [3.63, 3.8) is 0 Å². The van der Waals surface area contributed by atoms with Gasteiger partial charge < -0.3 is 10.5 Å². The maximum absolute atomic E-state index is 6.12. The number of nitrogens with zero attached hydrogens (tertiary/aromatic N) is 4. The van der Waals surface area contributed by atoms with Gasteiger partial charge >= 0.3 is 0 Å². The summed E-state index contributed by atoms with van der Waals surface area (Å²) in [5.41, 5.74) is 7.89. The highest BCUT2D eigenvalue weighted by Crippen LogP contribution is 2.42. The number of fused-ring (bicyclic) bond motifs is 1. The van der Waals surface area contributed by atoms with Crippen LogP contribution in [0.5, 0.6) is 5.88 Å². The van der Waals surface area contributed by atoms with E-state index in [4.69, 9.17) is 10.5 Å². The summed E-state index contributed by atoms with van der Waals surface area (Å²) in [4.78, 5) is 12.8. The summed E-state index contributed by atoms with van der Waals surface area (Å²) in [6, 6.07) is 0.350. The lowest BCUT2D eigenvalue weighted by Gasteiger charge is -2.36. The molecule has 2 N–H and O–H groups in total. The maximum atomic E-state index is 6.12. The molecule has 2 heterocycles. The highest BCUT2D eigenvalue weighted by molar-refractivity contribution is 5.79. The molecule has 0 aliphatic heterocycles. The van der Waals surface area contributed by atoms with Gasteiger partial charge in [-0.05, 0) is 24.7 Å². The van der Waals surface area contributed by atoms with Crippen LogP contribution in [0, 0.1) is 5.41 Å². The number of rotatable bonds is 2. The fraction of sp³-hybridized carbons (Fsp3) is 0.643. The minimum atomic E-state index is 0.336. The summed E-state index contributed by atoms with van der Waals surface area (Å²) >= 11 is 0. The monoisotopic (exact) mass is 275 g/mol. The predicted molar refractivity (Wildman–Crippen MR) is 77.6 cm³/mol. The molecule has 6 nitrogen and oxygen atoms in total. The zero-order chi connectivity index (χ0) is 14.3. The van der Waals surface area contributed by atoms with Gasteiger partial charge in [-0.3, -0.25) is 4.57 Å². The molecule has 1 aliphatic rings. The fourth-order valence-electron chi connectivity index (χ4n) is 3.29. The molecule has 20 heavy (non-hydrogen) atoms. The Bertz CT molecular complexity index is 634. The quantitative estimate of drug-likeness (QED) is 0.911. The van der Waals surface area contributed by atoms with E-state index in [1.807, 2.05) is 0 Å². The van der Waals surface area contributed by atoms with E-state index in [0.29, 0.717) is 28.8 Å². The average Bonchev–Trinajstić information content (AvgIpc) is 2.73. The van der Waals surface area contributed by atoms with Crippen LogP contribution in [-0.2, 0) is 0 Å². The number of nitrogens with two attached hydrogens (primary N) is 1. The van der Waals surface area contributed by atoms with Crippen molar-refractivity contribution in [1.29, 1.82) is 0 Å². The predicted octanol–water partition coefficient (Wildman–Crippen LogP) is 2.56. The Labute approximate surface area is 118 Å². The number of hydrogen-bond donors (Lipinski definition) is 1. The van der Waals surface area contributed by atoms with E-state index in [9.17, 15) is 0 Å². The van der Waals surface area contributed by atoms with Crippen LogP contribution in [0.4, 0.5) is 5.95 Å². The van der Waals surface area contributed by atoms with E-state index in [-0.39, 0.29) is 0 Å². The molecule has 0 saturated heterocycles. The molecule has 0 aromatic carbocycles. The standard InChI is InChI=1S/C14H21N5O/c1-14(2)6-4-5-9(7-14)19-11-10(18-13(19)15)12(20-3)17-8-16-11/h8-9H,4-7H2,1-3H3,(H2,15,18). The van der Waals surface area contributed by atoms with E-state index >= 15 is 0 Å². The SMILES string of the molecule is COc1ncnc2c1nc(N)n2C1CCCC(C)(C)C1. The summed E-state index contributed by atoms with van der Waals surface area (Å²) in [6.07, 6.45) is 6.18. The molecule has 1 atom stereocenters. The summed E-state index contributed by atoms with van der Waals surface area (Å²) in [5, 5.41) is 0. The van der Waals surface area contributed by atoms with Crippen molar-refractivity contribution in [1.82, 2.24) is 19.5 Å². The van der Waals surface area contributed by atoms with Crippen molar-refractivity contribution >= 4 is 17.1 Å². The Balaban J connectivity index is 2.09. The van der Waals surface area contributed by atoms with Gasteiger partial charge in [-0.2, -0.15) is 4.98 Å². The minimum Gasteiger partial charge on any atom is -0.479 e. The van der Waals surface area contributed by atoms with Crippen molar-refractivity contribution in [2.45, 2.75) is 45.6 Å². The summed E-state index contributed by atoms with van der Waals surface area (Å²) in [5.74, 6) is 0.983. The van der Waals surface area contributed by atoms with E-state index in [0.717, 1.165) is 18.5 Å². The van der Waals surface area contributed by atoms with Crippen LogP contribution < -0.4 is 10.5 Å². The van der Waals surface area contributed by atoms with Crippen LogP contribution in [0.1, 0.15) is 45.6 Å². The lowest BCUT2D eigenvalue weighted by molar-refractivity contribution is 0.186. The van der Waals surface area contributed by atoms with Gasteiger partial charge in [0.2, 0.25) is 11.8 Å². The first-order chi connectivity index (χ1) is 9.52. The van der Waals surface area contributed by atoms with Gasteiger partial charge in [0.1, 0.15) is 6.33 Å². The summed E-state index contributed by atoms with van der Waals surface area (Å²) in [6.45, 7) is 4.62. The third-order valence-corrected chi connectivity index (χ3v) is 4.21. The van der Waals surface area contributed by atoms with Crippen LogP contribution in [0.15, 0.2) is 6.33 Å². The van der Waals surface area contributed by atoms with Crippen molar-refractivity contribution in [3.05, 3.63) is 6.33 Å². The van der Waals surface area contributed by atoms with Gasteiger partial charge in [0.25, 0.3) is 0 Å². The van der Waals surface area contributed by atoms with Crippen LogP contribution >= 0.6 is 0 Å². The first-order valence-electron chi connectivity index (χ1n) is 7.04. The van der Waals surface area contributed by atoms with Gasteiger partial charge in [-0.25, -0.2) is 9.97 Å². The van der Waals surface area contributed by atoms with Crippen LogP contribution in [0.2, 0.25) is 0 Å². The molecule has 0 bridgehead atoms. The number of aromatic nitrogens is 4. The largest absolute Gasteiger partial charge is 0.479 e. The Morgan fingerprint density at radius 2 is 2.20 bits per heavy atom. The minimum absolute atomic E-state index is 0.336. The molecule has 0 spiro atoms. The van der Waals surface area contributed by atoms with Gasteiger partial charge in [0.15, 0.2) is 11.2 Å². The van der Waals surface area contributed by atoms with Gasteiger partial charge in [0, 0.05) is 6.04 Å². The van der Waals surface area contributed by atoms with Gasteiger partial charge in [0.05, 0.1) is 7.11 Å². The van der Waals surface area contributed by atoms with Crippen molar-refractivity contribution < 1.29 is 4.74 Å². The highest BCUT2D eigenvalue weighted by atomic mass is 16.5. The molecular formula is C14H21N5O. The van der Waals surface area contributed by atoms with E-state index < -0.39 is 0 Å². The molecule has 2 aromatic rings. The normalized spacial score (nSPS) is 22.1. The Hall–Kier alpha value is -1.85. The first kappa shape index (κ1) is 13.1. The molecule has 1 saturated carbocycles. The van der Waals surface area contributed by atoms with Gasteiger partial charge in [-0.1, -0.05) is 20.3 Å². The topological polar surface area (TPSA) is 78.8 Å². The summed E-state index contributed by atoms with van der Waals surface area (Å²) in [7, 11) is 1.58. The highest BCUT2D eigenvalue weighted by Gasteiger charge is 2.31. The molecule has 0 amide bonds. The third kappa shape index (κ3) is 2.09. The molecule has 1 unspecified atom stereocenters. The Kier molecular flexibility index (Phi) is 3.03. The Morgan fingerprint density at radius 3 is 2.90 bits per heavy atom.